The fraction of sp³-hybridized carbons (Fsp3) is 0.857. The van der Waals surface area contributed by atoms with Gasteiger partial charge in [0.15, 0.2) is 9.84 Å². The number of alkyl halides is 1. The highest BCUT2D eigenvalue weighted by Crippen LogP contribution is 2.22. The minimum atomic E-state index is -2.97. The predicted octanol–water partition coefficient (Wildman–Crippen LogP) is -0.0814. The van der Waals surface area contributed by atoms with Crippen LogP contribution in [-0.2, 0) is 14.6 Å². The Morgan fingerprint density at radius 3 is 2.62 bits per heavy atom. The summed E-state index contributed by atoms with van der Waals surface area (Å²) in [6.07, 6.45) is 0.470. The Morgan fingerprint density at radius 1 is 1.62 bits per heavy atom. The average molecular weight is 226 g/mol. The molecule has 0 spiro atoms. The monoisotopic (exact) mass is 225 g/mol. The summed E-state index contributed by atoms with van der Waals surface area (Å²) in [5.74, 6) is -0.286. The van der Waals surface area contributed by atoms with Crippen molar-refractivity contribution in [2.75, 3.05) is 17.4 Å². The van der Waals surface area contributed by atoms with Gasteiger partial charge in [-0.05, 0) is 13.3 Å². The van der Waals surface area contributed by atoms with E-state index in [1.54, 1.807) is 6.92 Å². The highest BCUT2D eigenvalue weighted by molar-refractivity contribution is 7.91. The van der Waals surface area contributed by atoms with Crippen LogP contribution in [0.25, 0.3) is 0 Å². The molecule has 0 aromatic rings. The number of hydrogen-bond donors (Lipinski definition) is 1. The first-order valence-corrected chi connectivity index (χ1v) is 6.30. The summed E-state index contributed by atoms with van der Waals surface area (Å²) in [6, 6.07) is 0. The molecule has 0 aromatic heterocycles. The highest BCUT2D eigenvalue weighted by Gasteiger charge is 2.39. The number of carbonyl (C=O) groups excluding carboxylic acids is 1. The summed E-state index contributed by atoms with van der Waals surface area (Å²) in [4.78, 5) is 10.9. The van der Waals surface area contributed by atoms with E-state index in [9.17, 15) is 13.2 Å². The van der Waals surface area contributed by atoms with Crippen LogP contribution in [0.5, 0.6) is 0 Å². The fourth-order valence-electron chi connectivity index (χ4n) is 1.48. The van der Waals surface area contributed by atoms with Crippen molar-refractivity contribution in [1.29, 1.82) is 0 Å². The smallest absolute Gasteiger partial charge is 0.235 e. The Morgan fingerprint density at radius 2 is 2.23 bits per heavy atom. The maximum atomic E-state index is 11.1. The first kappa shape index (κ1) is 10.8. The lowest BCUT2D eigenvalue weighted by molar-refractivity contribution is -0.120. The normalized spacial score (nSPS) is 31.5. The van der Waals surface area contributed by atoms with Crippen molar-refractivity contribution < 1.29 is 13.2 Å². The SMILES string of the molecule is C[C@]1(NC(=O)CCl)CCS(=O)(=O)C1. The average Bonchev–Trinajstić information content (AvgIpc) is 2.25. The van der Waals surface area contributed by atoms with Crippen molar-refractivity contribution in [1.82, 2.24) is 5.32 Å². The van der Waals surface area contributed by atoms with Crippen molar-refractivity contribution in [2.45, 2.75) is 18.9 Å². The molecule has 1 rings (SSSR count). The molecule has 1 saturated heterocycles. The van der Waals surface area contributed by atoms with Gasteiger partial charge >= 0.3 is 0 Å². The Kier molecular flexibility index (Phi) is 2.87. The molecular weight excluding hydrogens is 214 g/mol. The number of sulfone groups is 1. The first-order chi connectivity index (χ1) is 5.87. The quantitative estimate of drug-likeness (QED) is 0.669. The molecule has 1 amide bonds. The number of nitrogens with one attached hydrogen (secondary N) is 1. The molecule has 1 fully saturated rings. The van der Waals surface area contributed by atoms with Crippen molar-refractivity contribution in [3.05, 3.63) is 0 Å². The maximum Gasteiger partial charge on any atom is 0.235 e. The molecule has 0 aromatic carbocycles. The van der Waals surface area contributed by atoms with Crippen LogP contribution < -0.4 is 5.32 Å². The number of carbonyl (C=O) groups is 1. The zero-order chi connectivity index (χ0) is 10.1. The molecule has 1 aliphatic heterocycles. The Bertz CT molecular complexity index is 314. The molecule has 0 radical (unpaired) electrons. The molecule has 1 aliphatic rings. The van der Waals surface area contributed by atoms with Crippen LogP contribution in [0.4, 0.5) is 0 Å². The number of amides is 1. The van der Waals surface area contributed by atoms with Gasteiger partial charge in [0.25, 0.3) is 0 Å². The van der Waals surface area contributed by atoms with E-state index in [0.717, 1.165) is 0 Å². The lowest BCUT2D eigenvalue weighted by Gasteiger charge is -2.22. The van der Waals surface area contributed by atoms with Gasteiger partial charge in [-0.1, -0.05) is 0 Å². The van der Waals surface area contributed by atoms with Crippen LogP contribution in [0, 0.1) is 0 Å². The summed E-state index contributed by atoms with van der Waals surface area (Å²) in [7, 11) is -2.97. The molecule has 6 heteroatoms. The van der Waals surface area contributed by atoms with E-state index in [2.05, 4.69) is 5.32 Å². The molecule has 4 nitrogen and oxygen atoms in total. The van der Waals surface area contributed by atoms with Gasteiger partial charge < -0.3 is 5.32 Å². The Hall–Kier alpha value is -0.290. The van der Waals surface area contributed by atoms with E-state index in [-0.39, 0.29) is 23.3 Å². The van der Waals surface area contributed by atoms with Gasteiger partial charge in [0.1, 0.15) is 5.88 Å². The van der Waals surface area contributed by atoms with Crippen LogP contribution in [0.1, 0.15) is 13.3 Å². The van der Waals surface area contributed by atoms with Gasteiger partial charge in [-0.15, -0.1) is 11.6 Å². The van der Waals surface area contributed by atoms with E-state index in [4.69, 9.17) is 11.6 Å². The molecule has 0 saturated carbocycles. The van der Waals surface area contributed by atoms with Crippen molar-refractivity contribution in [2.24, 2.45) is 0 Å². The number of rotatable bonds is 2. The molecule has 0 unspecified atom stereocenters. The van der Waals surface area contributed by atoms with Gasteiger partial charge in [-0.2, -0.15) is 0 Å². The minimum Gasteiger partial charge on any atom is -0.349 e. The molecule has 1 atom stereocenters. The van der Waals surface area contributed by atoms with E-state index < -0.39 is 15.4 Å². The van der Waals surface area contributed by atoms with Crippen molar-refractivity contribution >= 4 is 27.3 Å². The second-order valence-electron chi connectivity index (χ2n) is 3.58. The van der Waals surface area contributed by atoms with Crippen molar-refractivity contribution in [3.63, 3.8) is 0 Å². The van der Waals surface area contributed by atoms with E-state index in [1.165, 1.54) is 0 Å². The van der Waals surface area contributed by atoms with E-state index >= 15 is 0 Å². The van der Waals surface area contributed by atoms with Crippen LogP contribution >= 0.6 is 11.6 Å². The molecule has 1 N–H and O–H groups in total. The van der Waals surface area contributed by atoms with Crippen LogP contribution in [-0.4, -0.2) is 37.2 Å². The number of halogens is 1. The molecular formula is C7H12ClNO3S. The number of hydrogen-bond acceptors (Lipinski definition) is 3. The van der Waals surface area contributed by atoms with Crippen LogP contribution in [0.3, 0.4) is 0 Å². The predicted molar refractivity (Wildman–Crippen MR) is 50.5 cm³/mol. The maximum absolute atomic E-state index is 11.1. The standard InChI is InChI=1S/C7H12ClNO3S/c1-7(9-6(10)4-8)2-3-13(11,12)5-7/h2-5H2,1H3,(H,9,10)/t7-/m0/s1. The molecule has 13 heavy (non-hydrogen) atoms. The second kappa shape index (κ2) is 3.46. The van der Waals surface area contributed by atoms with Gasteiger partial charge in [-0.25, -0.2) is 8.42 Å². The van der Waals surface area contributed by atoms with Gasteiger partial charge in [0.2, 0.25) is 5.91 Å². The Labute approximate surface area is 82.6 Å². The minimum absolute atomic E-state index is 0.0165. The third-order valence-corrected chi connectivity index (χ3v) is 4.21. The summed E-state index contributed by atoms with van der Waals surface area (Å²) in [5.41, 5.74) is -0.620. The van der Waals surface area contributed by atoms with Gasteiger partial charge in [0, 0.05) is 0 Å². The topological polar surface area (TPSA) is 63.2 Å². The zero-order valence-corrected chi connectivity index (χ0v) is 8.91. The summed E-state index contributed by atoms with van der Waals surface area (Å²) in [5, 5.41) is 2.61. The van der Waals surface area contributed by atoms with Crippen LogP contribution in [0.2, 0.25) is 0 Å². The van der Waals surface area contributed by atoms with Crippen LogP contribution in [0.15, 0.2) is 0 Å². The summed E-state index contributed by atoms with van der Waals surface area (Å²) >= 11 is 5.30. The molecule has 0 aliphatic carbocycles. The lowest BCUT2D eigenvalue weighted by atomic mass is 10.0. The van der Waals surface area contributed by atoms with E-state index in [0.29, 0.717) is 6.42 Å². The summed E-state index contributed by atoms with van der Waals surface area (Å²) < 4.78 is 22.3. The molecule has 76 valence electrons. The Balaban J connectivity index is 2.65. The third-order valence-electron chi connectivity index (χ3n) is 2.07. The first-order valence-electron chi connectivity index (χ1n) is 3.94. The largest absolute Gasteiger partial charge is 0.349 e. The van der Waals surface area contributed by atoms with Crippen molar-refractivity contribution in [3.8, 4) is 0 Å². The highest BCUT2D eigenvalue weighted by atomic mass is 35.5. The van der Waals surface area contributed by atoms with Gasteiger partial charge in [0.05, 0.1) is 17.0 Å². The fourth-order valence-corrected chi connectivity index (χ4v) is 3.64. The lowest BCUT2D eigenvalue weighted by Crippen LogP contribution is -2.47. The molecule has 0 bridgehead atoms. The third kappa shape index (κ3) is 2.84. The second-order valence-corrected chi connectivity index (χ2v) is 6.04. The summed E-state index contributed by atoms with van der Waals surface area (Å²) in [6.45, 7) is 1.72. The molecule has 1 heterocycles. The zero-order valence-electron chi connectivity index (χ0n) is 7.34. The van der Waals surface area contributed by atoms with Gasteiger partial charge in [-0.3, -0.25) is 4.79 Å². The van der Waals surface area contributed by atoms with E-state index in [1.807, 2.05) is 0 Å².